The summed E-state index contributed by atoms with van der Waals surface area (Å²) in [7, 11) is 0.748. The predicted octanol–water partition coefficient (Wildman–Crippen LogP) is 5.58. The number of Topliss-reactive ketones (excluding diaryl/α,β-unsaturated/α-hetero) is 1. The third-order valence-electron chi connectivity index (χ3n) is 8.69. The number of benzene rings is 1. The highest BCUT2D eigenvalue weighted by molar-refractivity contribution is 7.31. The molecule has 1 aromatic carbocycles. The minimum atomic E-state index is -0.924. The highest BCUT2D eigenvalue weighted by atomic mass is 31.1. The summed E-state index contributed by atoms with van der Waals surface area (Å²) in [6.07, 6.45) is 5.58. The van der Waals surface area contributed by atoms with Crippen LogP contribution in [0.15, 0.2) is 35.9 Å². The molecular formula is C32H44FO8P. The van der Waals surface area contributed by atoms with Crippen molar-refractivity contribution in [3.63, 3.8) is 0 Å². The Morgan fingerprint density at radius 1 is 1.10 bits per heavy atom. The Morgan fingerprint density at radius 3 is 2.45 bits per heavy atom. The normalized spacial score (nSPS) is 29.8. The zero-order chi connectivity index (χ0) is 30.3. The molecule has 0 radical (unpaired) electrons. The molecule has 7 atom stereocenters. The van der Waals surface area contributed by atoms with E-state index in [2.05, 4.69) is 31.6 Å². The maximum atomic E-state index is 12.9. The maximum absolute atomic E-state index is 12.9. The van der Waals surface area contributed by atoms with Gasteiger partial charge in [0.25, 0.3) is 0 Å². The molecule has 10 heteroatoms. The fraction of sp³-hybridized carbons (Fsp3) is 0.656. The lowest BCUT2D eigenvalue weighted by Crippen LogP contribution is -2.55. The van der Waals surface area contributed by atoms with E-state index in [1.807, 2.05) is 24.3 Å². The zero-order valence-electron chi connectivity index (χ0n) is 25.1. The van der Waals surface area contributed by atoms with Gasteiger partial charge in [-0.2, -0.15) is 0 Å². The molecule has 1 aliphatic carbocycles. The number of esters is 2. The van der Waals surface area contributed by atoms with Crippen molar-refractivity contribution in [3.05, 3.63) is 47.0 Å². The fourth-order valence-electron chi connectivity index (χ4n) is 6.29. The third-order valence-corrected chi connectivity index (χ3v) is 8.94. The molecule has 1 aromatic rings. The number of hydrogen-bond donors (Lipinski definition) is 0. The number of ketones is 1. The Labute approximate surface area is 249 Å². The number of ether oxygens (including phenoxy) is 5. The average molecular weight is 607 g/mol. The molecule has 3 fully saturated rings. The van der Waals surface area contributed by atoms with Gasteiger partial charge in [-0.3, -0.25) is 14.4 Å². The smallest absolute Gasteiger partial charge is 0.306 e. The molecule has 1 unspecified atom stereocenters. The first-order valence-electron chi connectivity index (χ1n) is 14.9. The van der Waals surface area contributed by atoms with E-state index >= 15 is 0 Å². The number of rotatable bonds is 16. The molecule has 0 N–H and O–H groups in total. The van der Waals surface area contributed by atoms with Crippen LogP contribution in [0.4, 0.5) is 4.20 Å². The van der Waals surface area contributed by atoms with Crippen LogP contribution >= 0.6 is 8.89 Å². The van der Waals surface area contributed by atoms with Gasteiger partial charge in [0.2, 0.25) is 0 Å². The molecule has 8 nitrogen and oxygen atoms in total. The van der Waals surface area contributed by atoms with Gasteiger partial charge in [0.1, 0.15) is 44.4 Å². The summed E-state index contributed by atoms with van der Waals surface area (Å²) in [5.74, 6) is -0.728. The van der Waals surface area contributed by atoms with Crippen LogP contribution < -0.4 is 0 Å². The number of carbonyl (C=O) groups excluding carboxylic acids is 3. The second-order valence-corrected chi connectivity index (χ2v) is 12.6. The topological polar surface area (TPSA) is 104 Å². The lowest BCUT2D eigenvalue weighted by atomic mass is 9.68. The van der Waals surface area contributed by atoms with Crippen LogP contribution in [0.1, 0.15) is 76.8 Å². The summed E-state index contributed by atoms with van der Waals surface area (Å²) in [4.78, 5) is 36.6. The molecule has 0 amide bonds. The van der Waals surface area contributed by atoms with Gasteiger partial charge in [-0.15, -0.1) is 0 Å². The fourth-order valence-corrected chi connectivity index (χ4v) is 6.51. The van der Waals surface area contributed by atoms with Gasteiger partial charge in [-0.1, -0.05) is 35.9 Å². The molecule has 3 aliphatic rings. The van der Waals surface area contributed by atoms with Gasteiger partial charge in [-0.05, 0) is 64.0 Å². The van der Waals surface area contributed by atoms with E-state index in [0.29, 0.717) is 25.9 Å². The first-order chi connectivity index (χ1) is 20.1. The van der Waals surface area contributed by atoms with Crippen molar-refractivity contribution < 1.29 is 42.3 Å². The number of allylic oxidation sites excluding steroid dienone is 1. The summed E-state index contributed by atoms with van der Waals surface area (Å²) < 4.78 is 41.0. The first kappa shape index (κ1) is 32.7. The van der Waals surface area contributed by atoms with Crippen molar-refractivity contribution >= 4 is 26.6 Å². The van der Waals surface area contributed by atoms with E-state index < -0.39 is 14.9 Å². The lowest BCUT2D eigenvalue weighted by Gasteiger charge is -2.42. The predicted molar refractivity (Wildman–Crippen MR) is 157 cm³/mol. The molecular weight excluding hydrogens is 562 g/mol. The van der Waals surface area contributed by atoms with Crippen LogP contribution in [0.5, 0.6) is 0 Å². The minimum Gasteiger partial charge on any atom is -0.460 e. The molecule has 1 saturated carbocycles. The summed E-state index contributed by atoms with van der Waals surface area (Å²) in [6, 6.07) is 7.62. The largest absolute Gasteiger partial charge is 0.460 e. The van der Waals surface area contributed by atoms with Gasteiger partial charge in [0, 0.05) is 32.8 Å². The van der Waals surface area contributed by atoms with Crippen molar-refractivity contribution in [2.75, 3.05) is 20.1 Å². The van der Waals surface area contributed by atoms with Gasteiger partial charge in [0.05, 0.1) is 18.6 Å². The molecule has 2 heterocycles. The van der Waals surface area contributed by atoms with Crippen LogP contribution in [-0.2, 0) is 50.9 Å². The quantitative estimate of drug-likeness (QED) is 0.104. The van der Waals surface area contributed by atoms with Crippen LogP contribution in [0.2, 0.25) is 0 Å². The summed E-state index contributed by atoms with van der Waals surface area (Å²) >= 11 is 0. The van der Waals surface area contributed by atoms with Gasteiger partial charge in [-0.25, -0.2) is 4.20 Å². The van der Waals surface area contributed by atoms with E-state index in [0.717, 1.165) is 24.0 Å². The summed E-state index contributed by atoms with van der Waals surface area (Å²) in [5, 5.41) is 0. The Morgan fingerprint density at radius 2 is 1.81 bits per heavy atom. The Hall–Kier alpha value is -2.19. The summed E-state index contributed by atoms with van der Waals surface area (Å²) in [6.45, 7) is 6.98. The number of halogens is 1. The molecule has 0 aromatic heterocycles. The number of epoxide rings is 2. The van der Waals surface area contributed by atoms with E-state index in [9.17, 15) is 18.6 Å². The molecule has 1 spiro atoms. The molecule has 4 rings (SSSR count). The van der Waals surface area contributed by atoms with Crippen molar-refractivity contribution in [2.24, 2.45) is 5.92 Å². The summed E-state index contributed by atoms with van der Waals surface area (Å²) in [5.41, 5.74) is 2.48. The maximum Gasteiger partial charge on any atom is 0.306 e. The third kappa shape index (κ3) is 8.46. The van der Waals surface area contributed by atoms with Gasteiger partial charge < -0.3 is 23.7 Å². The zero-order valence-corrected chi connectivity index (χ0v) is 26.1. The molecule has 0 bridgehead atoms. The van der Waals surface area contributed by atoms with Crippen LogP contribution in [-0.4, -0.2) is 67.3 Å². The SMILES string of the molecule is CO[C@@H]1[C@H](OC(=O)CCc2ccc(CC(=O)CCCC(=O)OCPF)cc2)CC[C@]2(CO2)[C@H]1[C@@]1(C)O[C@@H]1CC=C(C)C. The van der Waals surface area contributed by atoms with Crippen LogP contribution in [0, 0.1) is 5.92 Å². The molecule has 2 saturated heterocycles. The van der Waals surface area contributed by atoms with E-state index in [1.165, 1.54) is 5.57 Å². The highest BCUT2D eigenvalue weighted by Gasteiger charge is 2.72. The highest BCUT2D eigenvalue weighted by Crippen LogP contribution is 2.59. The van der Waals surface area contributed by atoms with Crippen molar-refractivity contribution in [1.29, 1.82) is 0 Å². The molecule has 232 valence electrons. The number of hydrogen-bond acceptors (Lipinski definition) is 8. The molecule has 42 heavy (non-hydrogen) atoms. The Bertz CT molecular complexity index is 1130. The van der Waals surface area contributed by atoms with Gasteiger partial charge >= 0.3 is 11.9 Å². The number of carbonyl (C=O) groups is 3. The van der Waals surface area contributed by atoms with E-state index in [1.54, 1.807) is 7.11 Å². The van der Waals surface area contributed by atoms with Gasteiger partial charge in [0.15, 0.2) is 0 Å². The minimum absolute atomic E-state index is 0.0112. The first-order valence-corrected chi connectivity index (χ1v) is 15.9. The average Bonchev–Trinajstić information content (AvgIpc) is 3.88. The standard InChI is InChI=1S/C32H44FO8P/c1-21(2)8-14-26-31(3,41-26)30-29(37-4)25(16-17-32(30)19-39-32)40-28(36)15-13-22-9-11-23(12-10-22)18-24(34)6-5-7-27(35)38-20-42-33/h8-12,25-26,29-30,42H,5-7,13-20H2,1-4H3/t25-,26-,29-,30-,31+,32+/m1/s1. The Balaban J connectivity index is 1.23. The van der Waals surface area contributed by atoms with E-state index in [4.69, 9.17) is 18.9 Å². The molecule has 2 aliphatic heterocycles. The second kappa shape index (κ2) is 14.5. The van der Waals surface area contributed by atoms with Crippen LogP contribution in [0.3, 0.4) is 0 Å². The number of methoxy groups -OCH3 is 1. The second-order valence-electron chi connectivity index (χ2n) is 12.1. The lowest BCUT2D eigenvalue weighted by molar-refractivity contribution is -0.171. The number of aryl methyl sites for hydroxylation is 1. The van der Waals surface area contributed by atoms with Crippen molar-refractivity contribution in [3.8, 4) is 0 Å². The Kier molecular flexibility index (Phi) is 11.3. The monoisotopic (exact) mass is 606 g/mol. The van der Waals surface area contributed by atoms with Crippen LogP contribution in [0.25, 0.3) is 0 Å². The van der Waals surface area contributed by atoms with Crippen molar-refractivity contribution in [2.45, 2.75) is 108 Å². The van der Waals surface area contributed by atoms with E-state index in [-0.39, 0.29) is 79.2 Å². The van der Waals surface area contributed by atoms with Crippen molar-refractivity contribution in [1.82, 2.24) is 0 Å².